The number of anilines is 1. The summed E-state index contributed by atoms with van der Waals surface area (Å²) in [5.74, 6) is 0. The first-order valence-electron chi connectivity index (χ1n) is 7.26. The number of carbonyl (C=O) groups is 1. The molecule has 1 aliphatic carbocycles. The molecule has 0 heterocycles. The van der Waals surface area contributed by atoms with Crippen LogP contribution < -0.4 is 11.1 Å². The van der Waals surface area contributed by atoms with Crippen LogP contribution in [0.2, 0.25) is 0 Å². The number of aryl methyl sites for hydroxylation is 1. The van der Waals surface area contributed by atoms with Gasteiger partial charge in [-0.25, -0.2) is 4.79 Å². The maximum atomic E-state index is 11.0. The molecule has 0 fully saturated rings. The molecule has 1 aliphatic rings. The van der Waals surface area contributed by atoms with Crippen molar-refractivity contribution in [3.05, 3.63) is 53.6 Å². The molecular weight excluding hydrogens is 260 g/mol. The first kappa shape index (κ1) is 13.7. The number of fused-ring (bicyclic) bond motifs is 1. The predicted molar refractivity (Wildman–Crippen MR) is 86.4 cm³/mol. The molecule has 0 unspecified atom stereocenters. The average Bonchev–Trinajstić information content (AvgIpc) is 2.74. The summed E-state index contributed by atoms with van der Waals surface area (Å²) >= 11 is 0. The van der Waals surface area contributed by atoms with Gasteiger partial charge in [0.05, 0.1) is 0 Å². The third-order valence-electron chi connectivity index (χ3n) is 4.32. The molecule has 2 aromatic carbocycles. The highest BCUT2D eigenvalue weighted by Crippen LogP contribution is 2.40. The fourth-order valence-corrected chi connectivity index (χ4v) is 3.14. The minimum Gasteiger partial charge on any atom is -0.351 e. The highest BCUT2D eigenvalue weighted by molar-refractivity contribution is 5.88. The van der Waals surface area contributed by atoms with E-state index in [2.05, 4.69) is 37.4 Å². The lowest BCUT2D eigenvalue weighted by Crippen LogP contribution is -2.19. The number of hydrogen-bond acceptors (Lipinski definition) is 1. The van der Waals surface area contributed by atoms with Gasteiger partial charge in [-0.15, -0.1) is 0 Å². The van der Waals surface area contributed by atoms with Gasteiger partial charge < -0.3 is 11.1 Å². The molecule has 0 bridgehead atoms. The van der Waals surface area contributed by atoms with Crippen LogP contribution in [-0.4, -0.2) is 6.03 Å². The van der Waals surface area contributed by atoms with Gasteiger partial charge in [-0.3, -0.25) is 0 Å². The van der Waals surface area contributed by atoms with Crippen molar-refractivity contribution in [1.82, 2.24) is 0 Å². The highest BCUT2D eigenvalue weighted by atomic mass is 16.2. The monoisotopic (exact) mass is 280 g/mol. The SMILES string of the molecule is CC1(C)CCc2cc(-c3cccc(NC(N)=O)c3)ccc21. The first-order chi connectivity index (χ1) is 9.95. The molecule has 3 heteroatoms. The molecule has 0 saturated heterocycles. The minimum atomic E-state index is -0.539. The van der Waals surface area contributed by atoms with Crippen molar-refractivity contribution < 1.29 is 4.79 Å². The fourth-order valence-electron chi connectivity index (χ4n) is 3.14. The number of urea groups is 1. The van der Waals surface area contributed by atoms with Crippen LogP contribution in [0.15, 0.2) is 42.5 Å². The Kier molecular flexibility index (Phi) is 3.20. The third kappa shape index (κ3) is 2.64. The second-order valence-electron chi connectivity index (χ2n) is 6.33. The van der Waals surface area contributed by atoms with Gasteiger partial charge >= 0.3 is 6.03 Å². The normalized spacial score (nSPS) is 15.5. The van der Waals surface area contributed by atoms with Crippen LogP contribution in [0.3, 0.4) is 0 Å². The lowest BCUT2D eigenvalue weighted by Gasteiger charge is -2.19. The largest absolute Gasteiger partial charge is 0.351 e. The molecule has 0 aliphatic heterocycles. The number of rotatable bonds is 2. The maximum absolute atomic E-state index is 11.0. The van der Waals surface area contributed by atoms with E-state index in [-0.39, 0.29) is 5.41 Å². The molecular formula is C18H20N2O. The van der Waals surface area contributed by atoms with Crippen molar-refractivity contribution in [2.24, 2.45) is 5.73 Å². The first-order valence-corrected chi connectivity index (χ1v) is 7.26. The van der Waals surface area contributed by atoms with Crippen molar-refractivity contribution in [3.63, 3.8) is 0 Å². The van der Waals surface area contributed by atoms with Crippen LogP contribution in [0.25, 0.3) is 11.1 Å². The van der Waals surface area contributed by atoms with Crippen molar-refractivity contribution in [2.45, 2.75) is 32.1 Å². The maximum Gasteiger partial charge on any atom is 0.316 e. The van der Waals surface area contributed by atoms with Crippen LogP contribution in [0.1, 0.15) is 31.4 Å². The van der Waals surface area contributed by atoms with E-state index < -0.39 is 6.03 Å². The Morgan fingerprint density at radius 2 is 1.90 bits per heavy atom. The molecule has 0 atom stereocenters. The third-order valence-corrected chi connectivity index (χ3v) is 4.32. The van der Waals surface area contributed by atoms with E-state index in [0.29, 0.717) is 0 Å². The summed E-state index contributed by atoms with van der Waals surface area (Å²) in [4.78, 5) is 11.0. The average molecular weight is 280 g/mol. The van der Waals surface area contributed by atoms with E-state index in [1.54, 1.807) is 0 Å². The zero-order chi connectivity index (χ0) is 15.0. The Hall–Kier alpha value is -2.29. The van der Waals surface area contributed by atoms with Gasteiger partial charge in [0, 0.05) is 5.69 Å². The summed E-state index contributed by atoms with van der Waals surface area (Å²) in [6.07, 6.45) is 2.34. The van der Waals surface area contributed by atoms with Crippen LogP contribution in [0.4, 0.5) is 10.5 Å². The Labute approximate surface area is 125 Å². The van der Waals surface area contributed by atoms with Crippen LogP contribution in [-0.2, 0) is 11.8 Å². The van der Waals surface area contributed by atoms with E-state index in [1.165, 1.54) is 23.1 Å². The van der Waals surface area contributed by atoms with Crippen molar-refractivity contribution in [1.29, 1.82) is 0 Å². The summed E-state index contributed by atoms with van der Waals surface area (Å²) in [6.45, 7) is 4.60. The summed E-state index contributed by atoms with van der Waals surface area (Å²) in [5, 5.41) is 2.62. The molecule has 2 amide bonds. The zero-order valence-electron chi connectivity index (χ0n) is 12.4. The summed E-state index contributed by atoms with van der Waals surface area (Å²) < 4.78 is 0. The predicted octanol–water partition coefficient (Wildman–Crippen LogP) is 4.07. The second kappa shape index (κ2) is 4.92. The molecule has 21 heavy (non-hydrogen) atoms. The van der Waals surface area contributed by atoms with Gasteiger partial charge in [0.15, 0.2) is 0 Å². The Balaban J connectivity index is 1.97. The highest BCUT2D eigenvalue weighted by Gasteiger charge is 2.29. The molecule has 0 radical (unpaired) electrons. The van der Waals surface area contributed by atoms with Crippen molar-refractivity contribution in [3.8, 4) is 11.1 Å². The van der Waals surface area contributed by atoms with Crippen LogP contribution in [0, 0.1) is 0 Å². The van der Waals surface area contributed by atoms with Crippen molar-refractivity contribution in [2.75, 3.05) is 5.32 Å². The standard InChI is InChI=1S/C18H20N2O/c1-18(2)9-8-14-10-13(6-7-16(14)18)12-4-3-5-15(11-12)20-17(19)21/h3-7,10-11H,8-9H2,1-2H3,(H3,19,20,21). The van der Waals surface area contributed by atoms with E-state index in [9.17, 15) is 4.79 Å². The number of carbonyl (C=O) groups excluding carboxylic acids is 1. The summed E-state index contributed by atoms with van der Waals surface area (Å²) in [7, 11) is 0. The molecule has 3 N–H and O–H groups in total. The van der Waals surface area contributed by atoms with Crippen LogP contribution in [0.5, 0.6) is 0 Å². The summed E-state index contributed by atoms with van der Waals surface area (Å²) in [6, 6.07) is 13.9. The quantitative estimate of drug-likeness (QED) is 0.856. The molecule has 3 nitrogen and oxygen atoms in total. The molecule has 0 aromatic heterocycles. The Morgan fingerprint density at radius 1 is 1.14 bits per heavy atom. The van der Waals surface area contributed by atoms with E-state index in [0.717, 1.165) is 17.7 Å². The Morgan fingerprint density at radius 3 is 2.67 bits per heavy atom. The molecule has 108 valence electrons. The number of primary amides is 1. The van der Waals surface area contributed by atoms with E-state index >= 15 is 0 Å². The fraction of sp³-hybridized carbons (Fsp3) is 0.278. The van der Waals surface area contributed by atoms with E-state index in [4.69, 9.17) is 5.73 Å². The van der Waals surface area contributed by atoms with Gasteiger partial charge in [0.25, 0.3) is 0 Å². The topological polar surface area (TPSA) is 55.1 Å². The minimum absolute atomic E-state index is 0.281. The lowest BCUT2D eigenvalue weighted by atomic mass is 9.86. The van der Waals surface area contributed by atoms with Gasteiger partial charge in [-0.05, 0) is 52.6 Å². The Bertz CT molecular complexity index is 704. The number of amides is 2. The molecule has 3 rings (SSSR count). The lowest BCUT2D eigenvalue weighted by molar-refractivity contribution is 0.259. The second-order valence-corrected chi connectivity index (χ2v) is 6.33. The number of hydrogen-bond donors (Lipinski definition) is 2. The number of benzene rings is 2. The van der Waals surface area contributed by atoms with Crippen LogP contribution >= 0.6 is 0 Å². The smallest absolute Gasteiger partial charge is 0.316 e. The van der Waals surface area contributed by atoms with Gasteiger partial charge in [0.2, 0.25) is 0 Å². The number of nitrogens with one attached hydrogen (secondary N) is 1. The number of nitrogens with two attached hydrogens (primary N) is 1. The van der Waals surface area contributed by atoms with Gasteiger partial charge in [-0.2, -0.15) is 0 Å². The van der Waals surface area contributed by atoms with E-state index in [1.807, 2.05) is 24.3 Å². The van der Waals surface area contributed by atoms with Crippen molar-refractivity contribution >= 4 is 11.7 Å². The molecule has 0 spiro atoms. The van der Waals surface area contributed by atoms with Gasteiger partial charge in [0.1, 0.15) is 0 Å². The molecule has 2 aromatic rings. The van der Waals surface area contributed by atoms with Gasteiger partial charge in [-0.1, -0.05) is 44.2 Å². The molecule has 0 saturated carbocycles. The zero-order valence-corrected chi connectivity index (χ0v) is 12.4. The summed E-state index contributed by atoms with van der Waals surface area (Å²) in [5.41, 5.74) is 11.3.